The van der Waals surface area contributed by atoms with Gasteiger partial charge in [0.25, 0.3) is 5.91 Å². The maximum atomic E-state index is 13.7. The maximum absolute atomic E-state index is 13.7. The minimum absolute atomic E-state index is 0.161. The summed E-state index contributed by atoms with van der Waals surface area (Å²) in [6.45, 7) is 2.52. The highest BCUT2D eigenvalue weighted by Crippen LogP contribution is 2.62. The second-order valence-corrected chi connectivity index (χ2v) is 7.24. The first kappa shape index (κ1) is 32.4. The molecule has 0 saturated carbocycles. The highest BCUT2D eigenvalue weighted by atomic mass is 19.4. The summed E-state index contributed by atoms with van der Waals surface area (Å²) in [4.78, 5) is 11.3. The topological polar surface area (TPSA) is 29.1 Å². The van der Waals surface area contributed by atoms with E-state index in [0.29, 0.717) is 12.8 Å². The molecule has 0 spiro atoms. The van der Waals surface area contributed by atoms with Crippen molar-refractivity contribution in [3.63, 3.8) is 0 Å². The lowest BCUT2D eigenvalue weighted by Crippen LogP contribution is -2.74. The maximum Gasteiger partial charge on any atom is 0.392 e. The normalized spacial score (nSPS) is 16.1. The highest BCUT2D eigenvalue weighted by Gasteiger charge is 2.94. The van der Waals surface area contributed by atoms with E-state index in [2.05, 4.69) is 0 Å². The van der Waals surface area contributed by atoms with Gasteiger partial charge in [0.2, 0.25) is 0 Å². The van der Waals surface area contributed by atoms with Crippen LogP contribution in [0, 0.1) is 0 Å². The molecule has 0 aromatic carbocycles. The Balaban J connectivity index is 6.32. The van der Waals surface area contributed by atoms with Crippen LogP contribution in [-0.2, 0) is 4.79 Å². The van der Waals surface area contributed by atoms with Gasteiger partial charge in [-0.2, -0.15) is 61.5 Å². The van der Waals surface area contributed by atoms with Crippen molar-refractivity contribution < 1.29 is 75.0 Å². The number of unbranched alkanes of at least 4 members (excludes halogenated alkanes) is 2. The average Bonchev–Trinajstić information content (AvgIpc) is 2.66. The molecule has 0 saturated heterocycles. The number of hydrogen-bond acceptors (Lipinski definition) is 1. The number of amides is 1. The monoisotopic (exact) mass is 543 g/mol. The van der Waals surface area contributed by atoms with E-state index < -0.39 is 59.8 Å². The number of halogens is 16. The first-order valence-electron chi connectivity index (χ1n) is 9.06. The zero-order valence-corrected chi connectivity index (χ0v) is 16.9. The molecular weight excluding hydrogens is 526 g/mol. The molecule has 0 aromatic rings. The van der Waals surface area contributed by atoms with Crippen molar-refractivity contribution in [1.29, 1.82) is 0 Å². The third-order valence-electron chi connectivity index (χ3n) is 4.57. The van der Waals surface area contributed by atoms with E-state index in [1.807, 2.05) is 0 Å². The van der Waals surface area contributed by atoms with Gasteiger partial charge in [-0.15, -0.1) is 0 Å². The number of carbonyl (C=O) groups excluding carboxylic acids is 1. The van der Waals surface area contributed by atoms with Gasteiger partial charge in [-0.1, -0.05) is 26.2 Å². The molecule has 204 valence electrons. The molecule has 0 rings (SSSR count). The third kappa shape index (κ3) is 4.86. The van der Waals surface area contributed by atoms with Crippen LogP contribution in [-0.4, -0.2) is 59.8 Å². The summed E-state index contributed by atoms with van der Waals surface area (Å²) >= 11 is 0. The standard InChI is InChI=1S/C16H17F16NO/c1-3-4-5-6-7(2)33-9(34)11(21,22)13(25,26)15(29,30)16(31,32)14(27,28)12(23,24)10(19,20)8(17)18/h7-8H,3-6H2,1-2H3,(H,33,34). The van der Waals surface area contributed by atoms with Crippen LogP contribution in [0.2, 0.25) is 0 Å². The van der Waals surface area contributed by atoms with Gasteiger partial charge < -0.3 is 5.32 Å². The van der Waals surface area contributed by atoms with Crippen molar-refractivity contribution in [1.82, 2.24) is 5.32 Å². The van der Waals surface area contributed by atoms with Crippen LogP contribution < -0.4 is 5.32 Å². The molecule has 0 radical (unpaired) electrons. The number of hydrogen-bond donors (Lipinski definition) is 1. The zero-order valence-electron chi connectivity index (χ0n) is 16.9. The Labute approximate surface area is 181 Å². The summed E-state index contributed by atoms with van der Waals surface area (Å²) in [6, 6.07) is -1.48. The molecule has 0 aliphatic carbocycles. The fraction of sp³-hybridized carbons (Fsp3) is 0.938. The van der Waals surface area contributed by atoms with Crippen molar-refractivity contribution in [2.45, 2.75) is 93.5 Å². The molecule has 0 aliphatic heterocycles. The molecule has 18 heteroatoms. The van der Waals surface area contributed by atoms with Gasteiger partial charge in [0, 0.05) is 6.04 Å². The van der Waals surface area contributed by atoms with E-state index in [9.17, 15) is 75.0 Å². The van der Waals surface area contributed by atoms with Gasteiger partial charge in [-0.05, 0) is 13.3 Å². The van der Waals surface area contributed by atoms with Crippen LogP contribution in [0.3, 0.4) is 0 Å². The molecule has 0 heterocycles. The van der Waals surface area contributed by atoms with Crippen LogP contribution >= 0.6 is 0 Å². The number of alkyl halides is 16. The quantitative estimate of drug-likeness (QED) is 0.201. The first-order valence-corrected chi connectivity index (χ1v) is 9.06. The van der Waals surface area contributed by atoms with E-state index in [1.54, 1.807) is 6.92 Å². The fourth-order valence-corrected chi connectivity index (χ4v) is 2.36. The third-order valence-corrected chi connectivity index (χ3v) is 4.57. The van der Waals surface area contributed by atoms with E-state index in [0.717, 1.165) is 12.2 Å². The lowest BCUT2D eigenvalue weighted by Gasteiger charge is -2.42. The molecule has 34 heavy (non-hydrogen) atoms. The average molecular weight is 543 g/mol. The smallest absolute Gasteiger partial charge is 0.348 e. The number of rotatable bonds is 13. The molecule has 0 fully saturated rings. The molecule has 0 bridgehead atoms. The number of nitrogens with one attached hydrogen (secondary N) is 1. The van der Waals surface area contributed by atoms with Crippen LogP contribution in [0.15, 0.2) is 0 Å². The lowest BCUT2D eigenvalue weighted by molar-refractivity contribution is -0.443. The Kier molecular flexibility index (Phi) is 9.30. The highest BCUT2D eigenvalue weighted by molar-refractivity contribution is 5.85. The van der Waals surface area contributed by atoms with Crippen LogP contribution in [0.4, 0.5) is 70.2 Å². The predicted octanol–water partition coefficient (Wildman–Crippen LogP) is 6.78. The molecule has 0 aromatic heterocycles. The summed E-state index contributed by atoms with van der Waals surface area (Å²) in [5.41, 5.74) is 0. The first-order chi connectivity index (χ1) is 14.8. The summed E-state index contributed by atoms with van der Waals surface area (Å²) in [6.07, 6.45) is -5.04. The van der Waals surface area contributed by atoms with E-state index in [-0.39, 0.29) is 12.8 Å². The van der Waals surface area contributed by atoms with Gasteiger partial charge in [-0.25, -0.2) is 8.78 Å². The second kappa shape index (κ2) is 9.78. The Morgan fingerprint density at radius 3 is 1.44 bits per heavy atom. The molecule has 1 N–H and O–H groups in total. The van der Waals surface area contributed by atoms with Gasteiger partial charge in [0.15, 0.2) is 0 Å². The van der Waals surface area contributed by atoms with Gasteiger partial charge in [-0.3, -0.25) is 4.79 Å². The van der Waals surface area contributed by atoms with Crippen LogP contribution in [0.25, 0.3) is 0 Å². The Morgan fingerprint density at radius 1 is 0.676 bits per heavy atom. The van der Waals surface area contributed by atoms with Gasteiger partial charge in [0.05, 0.1) is 0 Å². The fourth-order valence-electron chi connectivity index (χ4n) is 2.36. The largest absolute Gasteiger partial charge is 0.392 e. The number of carbonyl (C=O) groups is 1. The Morgan fingerprint density at radius 2 is 1.06 bits per heavy atom. The van der Waals surface area contributed by atoms with Crippen molar-refractivity contribution in [3.05, 3.63) is 0 Å². The lowest BCUT2D eigenvalue weighted by atomic mass is 9.89. The van der Waals surface area contributed by atoms with E-state index in [1.165, 1.54) is 0 Å². The Bertz CT molecular complexity index is 705. The summed E-state index contributed by atoms with van der Waals surface area (Å²) < 4.78 is 211. The molecule has 1 amide bonds. The minimum atomic E-state index is -8.51. The Hall–Kier alpha value is -1.65. The molecule has 0 aliphatic rings. The molecule has 1 atom stereocenters. The van der Waals surface area contributed by atoms with Crippen molar-refractivity contribution in [2.75, 3.05) is 0 Å². The van der Waals surface area contributed by atoms with Gasteiger partial charge in [0.1, 0.15) is 0 Å². The van der Waals surface area contributed by atoms with Gasteiger partial charge >= 0.3 is 47.9 Å². The molecule has 1 unspecified atom stereocenters. The predicted molar refractivity (Wildman–Crippen MR) is 82.4 cm³/mol. The second-order valence-electron chi connectivity index (χ2n) is 7.24. The molecular formula is C16H17F16NO. The summed E-state index contributed by atoms with van der Waals surface area (Å²) in [7, 11) is 0. The SMILES string of the molecule is CCCCCC(C)NC(=O)C(F)(F)C(F)(F)C(F)(F)C(F)(F)C(F)(F)C(F)(F)C(F)(F)C(F)F. The van der Waals surface area contributed by atoms with Crippen molar-refractivity contribution in [3.8, 4) is 0 Å². The van der Waals surface area contributed by atoms with Crippen molar-refractivity contribution in [2.24, 2.45) is 0 Å². The van der Waals surface area contributed by atoms with Crippen molar-refractivity contribution >= 4 is 5.91 Å². The zero-order chi connectivity index (χ0) is 27.8. The van der Waals surface area contributed by atoms with Crippen LogP contribution in [0.1, 0.15) is 39.5 Å². The van der Waals surface area contributed by atoms with Crippen LogP contribution in [0.5, 0.6) is 0 Å². The summed E-state index contributed by atoms with van der Waals surface area (Å²) in [5.74, 6) is -59.3. The summed E-state index contributed by atoms with van der Waals surface area (Å²) in [5, 5.41) is 1.01. The van der Waals surface area contributed by atoms with E-state index in [4.69, 9.17) is 0 Å². The minimum Gasteiger partial charge on any atom is -0.348 e. The van der Waals surface area contributed by atoms with E-state index >= 15 is 0 Å². The molecule has 2 nitrogen and oxygen atoms in total.